The Labute approximate surface area is 198 Å². The van der Waals surface area contributed by atoms with Crippen LogP contribution in [0.3, 0.4) is 0 Å². The van der Waals surface area contributed by atoms with Crippen molar-refractivity contribution in [1.29, 1.82) is 0 Å². The van der Waals surface area contributed by atoms with Crippen molar-refractivity contribution in [2.75, 3.05) is 6.54 Å². The summed E-state index contributed by atoms with van der Waals surface area (Å²) >= 11 is 0. The summed E-state index contributed by atoms with van der Waals surface area (Å²) in [6.07, 6.45) is -4.99. The molecule has 190 valence electrons. The predicted octanol–water partition coefficient (Wildman–Crippen LogP) is 4.99. The van der Waals surface area contributed by atoms with Crippen LogP contribution in [-0.4, -0.2) is 41.9 Å². The quantitative estimate of drug-likeness (QED) is 0.389. The van der Waals surface area contributed by atoms with Gasteiger partial charge in [-0.2, -0.15) is 18.3 Å². The maximum atomic E-state index is 14.4. The average molecular weight is 512 g/mol. The van der Waals surface area contributed by atoms with Gasteiger partial charge in [-0.05, 0) is 32.0 Å². The first-order chi connectivity index (χ1) is 16.9. The van der Waals surface area contributed by atoms with E-state index in [1.807, 2.05) is 0 Å². The van der Waals surface area contributed by atoms with Crippen molar-refractivity contribution >= 4 is 11.4 Å². The molecule has 0 aromatic carbocycles. The van der Waals surface area contributed by atoms with Crippen LogP contribution in [0.4, 0.5) is 26.3 Å². The van der Waals surface area contributed by atoms with Crippen molar-refractivity contribution in [1.82, 2.24) is 29.5 Å². The summed E-state index contributed by atoms with van der Waals surface area (Å²) < 4.78 is 88.7. The van der Waals surface area contributed by atoms with Gasteiger partial charge in [0.1, 0.15) is 6.04 Å². The molecule has 0 saturated heterocycles. The van der Waals surface area contributed by atoms with Crippen LogP contribution in [0.2, 0.25) is 0 Å². The molecule has 8 nitrogen and oxygen atoms in total. The molecule has 4 aromatic heterocycles. The number of nitrogens with zero attached hydrogens (tertiary/aromatic N) is 5. The van der Waals surface area contributed by atoms with E-state index >= 15 is 0 Å². The molecule has 0 bridgehead atoms. The van der Waals surface area contributed by atoms with Gasteiger partial charge >= 0.3 is 6.18 Å². The summed E-state index contributed by atoms with van der Waals surface area (Å²) in [7, 11) is 0. The van der Waals surface area contributed by atoms with Crippen LogP contribution >= 0.6 is 0 Å². The standard InChI is InChI=1S/C22H18F6N6O2/c1-21(2,25)20-31-15(18(23)24)17(36-20)19(35)33-7-5-11-14(30-9-29-11)16(33)12-8-13-10(22(26,27)28)4-3-6-34(13)32-12/h3-4,6,8-9,16,18H,5,7H2,1-2H3,(H,29,30). The third-order valence-corrected chi connectivity index (χ3v) is 5.86. The first-order valence-electron chi connectivity index (χ1n) is 10.7. The predicted molar refractivity (Wildman–Crippen MR) is 111 cm³/mol. The zero-order valence-corrected chi connectivity index (χ0v) is 18.8. The Balaban J connectivity index is 1.64. The van der Waals surface area contributed by atoms with Gasteiger partial charge in [-0.1, -0.05) is 0 Å². The Bertz CT molecular complexity index is 1450. The zero-order chi connectivity index (χ0) is 26.0. The number of carbonyl (C=O) groups excluding carboxylic acids is 1. The van der Waals surface area contributed by atoms with Crippen molar-refractivity contribution < 1.29 is 35.6 Å². The van der Waals surface area contributed by atoms with Gasteiger partial charge in [0, 0.05) is 24.9 Å². The first-order valence-corrected chi connectivity index (χ1v) is 10.7. The second-order valence-electron chi connectivity index (χ2n) is 8.74. The van der Waals surface area contributed by atoms with E-state index in [0.29, 0.717) is 5.69 Å². The first kappa shape index (κ1) is 23.9. The number of aromatic nitrogens is 5. The number of nitrogens with one attached hydrogen (secondary N) is 1. The van der Waals surface area contributed by atoms with Crippen molar-refractivity contribution in [2.45, 2.75) is 44.6 Å². The monoisotopic (exact) mass is 512 g/mol. The highest BCUT2D eigenvalue weighted by atomic mass is 19.4. The third-order valence-electron chi connectivity index (χ3n) is 5.86. The molecule has 1 atom stereocenters. The maximum absolute atomic E-state index is 14.4. The van der Waals surface area contributed by atoms with Gasteiger partial charge in [0.15, 0.2) is 11.4 Å². The van der Waals surface area contributed by atoms with Gasteiger partial charge < -0.3 is 14.3 Å². The van der Waals surface area contributed by atoms with E-state index < -0.39 is 53.1 Å². The lowest BCUT2D eigenvalue weighted by Gasteiger charge is -2.33. The van der Waals surface area contributed by atoms with E-state index in [1.165, 1.54) is 24.7 Å². The number of pyridine rings is 1. The molecule has 36 heavy (non-hydrogen) atoms. The number of oxazole rings is 1. The Morgan fingerprint density at radius 1 is 1.25 bits per heavy atom. The molecule has 0 saturated carbocycles. The number of hydrogen-bond donors (Lipinski definition) is 1. The Kier molecular flexibility index (Phi) is 5.37. The van der Waals surface area contributed by atoms with Crippen LogP contribution in [0.5, 0.6) is 0 Å². The average Bonchev–Trinajstić information content (AvgIpc) is 3.53. The van der Waals surface area contributed by atoms with Crippen LogP contribution in [0.1, 0.15) is 71.1 Å². The highest BCUT2D eigenvalue weighted by Crippen LogP contribution is 2.39. The highest BCUT2D eigenvalue weighted by Gasteiger charge is 2.42. The number of rotatable bonds is 4. The van der Waals surface area contributed by atoms with Crippen LogP contribution < -0.4 is 0 Å². The molecule has 0 fully saturated rings. The molecule has 1 unspecified atom stereocenters. The van der Waals surface area contributed by atoms with Gasteiger partial charge in [-0.25, -0.2) is 27.7 Å². The largest absolute Gasteiger partial charge is 0.431 e. The fourth-order valence-corrected chi connectivity index (χ4v) is 4.22. The summed E-state index contributed by atoms with van der Waals surface area (Å²) in [6, 6.07) is 2.11. The van der Waals surface area contributed by atoms with E-state index in [4.69, 9.17) is 4.42 Å². The summed E-state index contributed by atoms with van der Waals surface area (Å²) in [5.41, 5.74) is -3.55. The number of alkyl halides is 6. The molecule has 1 aliphatic heterocycles. The van der Waals surface area contributed by atoms with Crippen LogP contribution in [0, 0.1) is 0 Å². The number of halogens is 6. The fourth-order valence-electron chi connectivity index (χ4n) is 4.22. The van der Waals surface area contributed by atoms with Gasteiger partial charge in [-0.3, -0.25) is 4.79 Å². The number of fused-ring (bicyclic) bond motifs is 2. The van der Waals surface area contributed by atoms with Gasteiger partial charge in [0.2, 0.25) is 11.7 Å². The Hall–Kier alpha value is -3.84. The molecule has 5 rings (SSSR count). The molecule has 0 radical (unpaired) electrons. The number of aromatic amines is 1. The minimum absolute atomic E-state index is 0.0252. The Morgan fingerprint density at radius 3 is 2.67 bits per heavy atom. The SMILES string of the molecule is CC(C)(F)c1nc(C(F)F)c(C(=O)N2CCc3[nH]cnc3C2c2cc3c(C(F)(F)F)cccn3n2)o1. The van der Waals surface area contributed by atoms with Crippen molar-refractivity contribution in [3.05, 3.63) is 70.7 Å². The molecule has 1 aliphatic rings. The maximum Gasteiger partial charge on any atom is 0.418 e. The molecule has 1 N–H and O–H groups in total. The fraction of sp³-hybridized carbons (Fsp3) is 0.364. The number of imidazole rings is 1. The number of carbonyl (C=O) groups is 1. The molecular weight excluding hydrogens is 494 g/mol. The highest BCUT2D eigenvalue weighted by molar-refractivity contribution is 5.93. The molecule has 1 amide bonds. The number of H-pyrrole nitrogens is 1. The lowest BCUT2D eigenvalue weighted by atomic mass is 9.99. The van der Waals surface area contributed by atoms with Crippen molar-refractivity contribution in [2.24, 2.45) is 0 Å². The normalized spacial score (nSPS) is 16.7. The zero-order valence-electron chi connectivity index (χ0n) is 18.8. The third kappa shape index (κ3) is 3.89. The molecule has 0 aliphatic carbocycles. The molecule has 14 heteroatoms. The smallest absolute Gasteiger partial charge is 0.418 e. The van der Waals surface area contributed by atoms with Gasteiger partial charge in [-0.15, -0.1) is 0 Å². The number of amides is 1. The van der Waals surface area contributed by atoms with E-state index in [1.54, 1.807) is 0 Å². The Morgan fingerprint density at radius 2 is 2.00 bits per heavy atom. The lowest BCUT2D eigenvalue weighted by molar-refractivity contribution is -0.136. The van der Waals surface area contributed by atoms with Crippen LogP contribution in [0.15, 0.2) is 35.1 Å². The van der Waals surface area contributed by atoms with Gasteiger partial charge in [0.25, 0.3) is 12.3 Å². The van der Waals surface area contributed by atoms with Crippen molar-refractivity contribution in [3.8, 4) is 0 Å². The minimum Gasteiger partial charge on any atom is -0.431 e. The minimum atomic E-state index is -4.67. The summed E-state index contributed by atoms with van der Waals surface area (Å²) in [4.78, 5) is 25.2. The van der Waals surface area contributed by atoms with E-state index in [2.05, 4.69) is 20.1 Å². The second kappa shape index (κ2) is 8.10. The van der Waals surface area contributed by atoms with E-state index in [9.17, 15) is 31.1 Å². The van der Waals surface area contributed by atoms with E-state index in [-0.39, 0.29) is 29.9 Å². The van der Waals surface area contributed by atoms with Crippen LogP contribution in [-0.2, 0) is 18.3 Å². The van der Waals surface area contributed by atoms with E-state index in [0.717, 1.165) is 29.3 Å². The van der Waals surface area contributed by atoms with Crippen LogP contribution in [0.25, 0.3) is 5.52 Å². The molecular formula is C22H18F6N6O2. The lowest BCUT2D eigenvalue weighted by Crippen LogP contribution is -2.41. The molecule has 0 spiro atoms. The summed E-state index contributed by atoms with van der Waals surface area (Å²) in [5, 5.41) is 4.23. The second-order valence-corrected chi connectivity index (χ2v) is 8.74. The summed E-state index contributed by atoms with van der Waals surface area (Å²) in [5.74, 6) is -2.59. The topological polar surface area (TPSA) is 92.3 Å². The molecule has 4 aromatic rings. The number of hydrogen-bond acceptors (Lipinski definition) is 5. The molecule has 5 heterocycles. The van der Waals surface area contributed by atoms with Gasteiger partial charge in [0.05, 0.1) is 28.8 Å². The summed E-state index contributed by atoms with van der Waals surface area (Å²) in [6.45, 7) is 2.05. The van der Waals surface area contributed by atoms with Crippen molar-refractivity contribution in [3.63, 3.8) is 0 Å².